The Hall–Kier alpha value is -1.57. The van der Waals surface area contributed by atoms with E-state index in [1.165, 1.54) is 23.1 Å². The molecule has 8 heteroatoms. The van der Waals surface area contributed by atoms with E-state index in [-0.39, 0.29) is 12.5 Å². The van der Waals surface area contributed by atoms with E-state index in [4.69, 9.17) is 16.3 Å². The van der Waals surface area contributed by atoms with Crippen LogP contribution in [0, 0.1) is 0 Å². The highest BCUT2D eigenvalue weighted by atomic mass is 35.5. The molecule has 0 atom stereocenters. The molecule has 2 rings (SSSR count). The van der Waals surface area contributed by atoms with Gasteiger partial charge in [0.1, 0.15) is 5.75 Å². The third-order valence-electron chi connectivity index (χ3n) is 2.28. The number of hydrogen-bond acceptors (Lipinski definition) is 6. The third-order valence-corrected chi connectivity index (χ3v) is 4.73. The molecule has 0 saturated heterocycles. The highest BCUT2D eigenvalue weighted by molar-refractivity contribution is 8.01. The van der Waals surface area contributed by atoms with Crippen LogP contribution in [-0.4, -0.2) is 28.5 Å². The van der Waals surface area contributed by atoms with Crippen molar-refractivity contribution in [1.29, 1.82) is 0 Å². The van der Waals surface area contributed by atoms with Crippen LogP contribution in [0.5, 0.6) is 5.75 Å². The highest BCUT2D eigenvalue weighted by Crippen LogP contribution is 2.26. The average molecular weight is 356 g/mol. The first-order chi connectivity index (χ1) is 10.5. The van der Waals surface area contributed by atoms with Crippen molar-refractivity contribution in [2.75, 3.05) is 17.7 Å². The first-order valence-corrected chi connectivity index (χ1v) is 8.50. The minimum absolute atomic E-state index is 0.102. The number of thioether (sulfide) groups is 1. The summed E-state index contributed by atoms with van der Waals surface area (Å²) in [4.78, 5) is 11.8. The molecule has 1 aromatic carbocycles. The van der Waals surface area contributed by atoms with E-state index in [9.17, 15) is 4.79 Å². The molecule has 1 aromatic heterocycles. The van der Waals surface area contributed by atoms with Gasteiger partial charge in [0.15, 0.2) is 10.9 Å². The molecule has 1 heterocycles. The van der Waals surface area contributed by atoms with Crippen molar-refractivity contribution in [2.45, 2.75) is 11.3 Å². The summed E-state index contributed by atoms with van der Waals surface area (Å²) in [7, 11) is 0. The maximum absolute atomic E-state index is 11.8. The maximum atomic E-state index is 11.8. The summed E-state index contributed by atoms with van der Waals surface area (Å²) in [5.41, 5.74) is 1.06. The average Bonchev–Trinajstić information content (AvgIpc) is 2.92. The molecule has 0 fully saturated rings. The van der Waals surface area contributed by atoms with Crippen molar-refractivity contribution in [3.8, 4) is 5.75 Å². The molecule has 0 aliphatic rings. The van der Waals surface area contributed by atoms with E-state index in [0.29, 0.717) is 15.9 Å². The molecular weight excluding hydrogens is 342 g/mol. The molecule has 2 aromatic rings. The minimum atomic E-state index is -0.289. The van der Waals surface area contributed by atoms with Crippen LogP contribution in [0.1, 0.15) is 6.92 Å². The van der Waals surface area contributed by atoms with Gasteiger partial charge in [-0.2, -0.15) is 0 Å². The van der Waals surface area contributed by atoms with Gasteiger partial charge in [0, 0.05) is 10.8 Å². The molecular formula is C14H14ClN3O2S2. The van der Waals surface area contributed by atoms with Crippen molar-refractivity contribution >= 4 is 45.7 Å². The first kappa shape index (κ1) is 16.8. The van der Waals surface area contributed by atoms with E-state index >= 15 is 0 Å². The molecule has 116 valence electrons. The lowest BCUT2D eigenvalue weighted by molar-refractivity contribution is -0.118. The smallest absolute Gasteiger partial charge is 0.264 e. The number of benzene rings is 1. The van der Waals surface area contributed by atoms with Crippen molar-refractivity contribution in [2.24, 2.45) is 0 Å². The van der Waals surface area contributed by atoms with Crippen LogP contribution in [0.3, 0.4) is 0 Å². The van der Waals surface area contributed by atoms with Crippen LogP contribution in [0.4, 0.5) is 5.13 Å². The van der Waals surface area contributed by atoms with Crippen molar-refractivity contribution in [1.82, 2.24) is 10.2 Å². The summed E-state index contributed by atoms with van der Waals surface area (Å²) in [5, 5.41) is 11.6. The van der Waals surface area contributed by atoms with Crippen molar-refractivity contribution in [3.63, 3.8) is 0 Å². The Morgan fingerprint density at radius 3 is 2.82 bits per heavy atom. The van der Waals surface area contributed by atoms with E-state index in [2.05, 4.69) is 22.1 Å². The Balaban J connectivity index is 1.79. The van der Waals surface area contributed by atoms with E-state index < -0.39 is 0 Å². The fraction of sp³-hybridized carbons (Fsp3) is 0.214. The monoisotopic (exact) mass is 355 g/mol. The number of nitrogens with one attached hydrogen (secondary N) is 1. The second kappa shape index (κ2) is 8.17. The van der Waals surface area contributed by atoms with Crippen LogP contribution in [-0.2, 0) is 4.79 Å². The lowest BCUT2D eigenvalue weighted by Crippen LogP contribution is -2.20. The van der Waals surface area contributed by atoms with Crippen molar-refractivity contribution < 1.29 is 9.53 Å². The van der Waals surface area contributed by atoms with Gasteiger partial charge in [0.05, 0.1) is 0 Å². The molecule has 22 heavy (non-hydrogen) atoms. The van der Waals surface area contributed by atoms with Crippen LogP contribution in [0.15, 0.2) is 40.8 Å². The summed E-state index contributed by atoms with van der Waals surface area (Å²) in [6, 6.07) is 6.80. The van der Waals surface area contributed by atoms with Crippen LogP contribution in [0.25, 0.3) is 0 Å². The zero-order valence-electron chi connectivity index (χ0n) is 11.8. The topological polar surface area (TPSA) is 64.1 Å². The van der Waals surface area contributed by atoms with E-state index in [1.54, 1.807) is 24.3 Å². The fourth-order valence-corrected chi connectivity index (χ4v) is 3.08. The second-order valence-corrected chi connectivity index (χ2v) is 7.05. The van der Waals surface area contributed by atoms with Gasteiger partial charge in [-0.1, -0.05) is 46.9 Å². The van der Waals surface area contributed by atoms with Gasteiger partial charge in [0.2, 0.25) is 5.13 Å². The van der Waals surface area contributed by atoms with Gasteiger partial charge >= 0.3 is 0 Å². The third kappa shape index (κ3) is 5.67. The standard InChI is InChI=1S/C14H14ClN3O2S2/c1-9(2)8-21-14-18-17-13(22-14)16-12(19)7-20-11-5-3-10(15)4-6-11/h3-6H,1,7-8H2,2H3,(H,16,17,19). The molecule has 0 aliphatic carbocycles. The predicted octanol–water partition coefficient (Wildman–Crippen LogP) is 3.88. The number of ether oxygens (including phenoxy) is 1. The quantitative estimate of drug-likeness (QED) is 0.464. The van der Waals surface area contributed by atoms with Crippen LogP contribution < -0.4 is 10.1 Å². The van der Waals surface area contributed by atoms with Gasteiger partial charge in [-0.25, -0.2) is 0 Å². The highest BCUT2D eigenvalue weighted by Gasteiger charge is 2.09. The van der Waals surface area contributed by atoms with Gasteiger partial charge in [-0.3, -0.25) is 10.1 Å². The predicted molar refractivity (Wildman–Crippen MR) is 91.0 cm³/mol. The molecule has 0 unspecified atom stereocenters. The molecule has 5 nitrogen and oxygen atoms in total. The van der Waals surface area contributed by atoms with Gasteiger partial charge in [-0.05, 0) is 31.2 Å². The number of aromatic nitrogens is 2. The van der Waals surface area contributed by atoms with E-state index in [0.717, 1.165) is 15.7 Å². The number of rotatable bonds is 7. The largest absolute Gasteiger partial charge is 0.484 e. The second-order valence-electron chi connectivity index (χ2n) is 4.41. The summed E-state index contributed by atoms with van der Waals surface area (Å²) in [6.07, 6.45) is 0. The molecule has 1 N–H and O–H groups in total. The summed E-state index contributed by atoms with van der Waals surface area (Å²) in [5.74, 6) is 1.07. The zero-order chi connectivity index (χ0) is 15.9. The zero-order valence-corrected chi connectivity index (χ0v) is 14.2. The molecule has 1 amide bonds. The Labute approximate surface area is 141 Å². The minimum Gasteiger partial charge on any atom is -0.484 e. The van der Waals surface area contributed by atoms with Crippen molar-refractivity contribution in [3.05, 3.63) is 41.4 Å². The molecule has 0 saturated carbocycles. The van der Waals surface area contributed by atoms with Gasteiger partial charge < -0.3 is 4.74 Å². The molecule has 0 bridgehead atoms. The first-order valence-electron chi connectivity index (χ1n) is 6.32. The SMILES string of the molecule is C=C(C)CSc1nnc(NC(=O)COc2ccc(Cl)cc2)s1. The van der Waals surface area contributed by atoms with E-state index in [1.807, 2.05) is 6.92 Å². The lowest BCUT2D eigenvalue weighted by Gasteiger charge is -2.05. The Bertz CT molecular complexity index is 658. The molecule has 0 radical (unpaired) electrons. The normalized spacial score (nSPS) is 10.3. The van der Waals surface area contributed by atoms with Gasteiger partial charge in [-0.15, -0.1) is 10.2 Å². The Kier molecular flexibility index (Phi) is 6.23. The van der Waals surface area contributed by atoms with Crippen LogP contribution in [0.2, 0.25) is 5.02 Å². The lowest BCUT2D eigenvalue weighted by atomic mass is 10.3. The summed E-state index contributed by atoms with van der Waals surface area (Å²) >= 11 is 8.63. The molecule has 0 spiro atoms. The number of carbonyl (C=O) groups excluding carboxylic acids is 1. The fourth-order valence-electron chi connectivity index (χ4n) is 1.34. The Morgan fingerprint density at radius 1 is 1.41 bits per heavy atom. The number of anilines is 1. The number of hydrogen-bond donors (Lipinski definition) is 1. The number of nitrogens with zero attached hydrogens (tertiary/aromatic N) is 2. The summed E-state index contributed by atoms with van der Waals surface area (Å²) in [6.45, 7) is 5.67. The number of amides is 1. The number of carbonyl (C=O) groups is 1. The summed E-state index contributed by atoms with van der Waals surface area (Å²) < 4.78 is 6.14. The number of halogens is 1. The van der Waals surface area contributed by atoms with Crippen LogP contribution >= 0.6 is 34.7 Å². The van der Waals surface area contributed by atoms with Gasteiger partial charge in [0.25, 0.3) is 5.91 Å². The maximum Gasteiger partial charge on any atom is 0.264 e. The Morgan fingerprint density at radius 2 is 2.14 bits per heavy atom. The molecule has 0 aliphatic heterocycles.